The van der Waals surface area contributed by atoms with E-state index in [1.807, 2.05) is 0 Å². The fraction of sp³-hybridized carbons (Fsp3) is 0.333. The van der Waals surface area contributed by atoms with Crippen LogP contribution in [0.1, 0.15) is 28.5 Å². The Kier molecular flexibility index (Phi) is 2.55. The van der Waals surface area contributed by atoms with Crippen LogP contribution in [0.25, 0.3) is 11.4 Å². The molecule has 92 valence electrons. The van der Waals surface area contributed by atoms with Crippen LogP contribution in [0.15, 0.2) is 12.5 Å². The molecule has 6 heteroatoms. The topological polar surface area (TPSA) is 80.8 Å². The summed E-state index contributed by atoms with van der Waals surface area (Å²) in [6.07, 6.45) is 4.85. The number of aromatic nitrogens is 4. The van der Waals surface area contributed by atoms with Crippen LogP contribution in [0.5, 0.6) is 0 Å². The first-order valence-corrected chi connectivity index (χ1v) is 5.85. The lowest BCUT2D eigenvalue weighted by molar-refractivity contribution is 0.0518. The summed E-state index contributed by atoms with van der Waals surface area (Å²) < 4.78 is 5.00. The highest BCUT2D eigenvalue weighted by atomic mass is 16.5. The van der Waals surface area contributed by atoms with Crippen LogP contribution in [0.2, 0.25) is 0 Å². The van der Waals surface area contributed by atoms with Crippen LogP contribution in [0.4, 0.5) is 0 Å². The average molecular weight is 244 g/mol. The van der Waals surface area contributed by atoms with Gasteiger partial charge in [0.2, 0.25) is 0 Å². The number of carbonyl (C=O) groups is 1. The Morgan fingerprint density at radius 1 is 1.44 bits per heavy atom. The standard InChI is InChI=1S/C12H12N4O2/c1-2-18-12(17)11-8-4-3-7-5-13-6-14-9(7)10(8)15-16-11/h5-6H,2-4H2,1H3,(H,15,16). The number of hydrogen-bond acceptors (Lipinski definition) is 5. The monoisotopic (exact) mass is 244 g/mol. The van der Waals surface area contributed by atoms with Crippen molar-refractivity contribution in [3.63, 3.8) is 0 Å². The number of esters is 1. The maximum atomic E-state index is 11.8. The molecule has 0 saturated carbocycles. The first kappa shape index (κ1) is 10.9. The van der Waals surface area contributed by atoms with Gasteiger partial charge in [-0.25, -0.2) is 14.8 Å². The predicted molar refractivity (Wildman–Crippen MR) is 63.0 cm³/mol. The molecule has 0 bridgehead atoms. The lowest BCUT2D eigenvalue weighted by Gasteiger charge is -2.13. The second-order valence-corrected chi connectivity index (χ2v) is 4.04. The molecule has 1 aliphatic carbocycles. The summed E-state index contributed by atoms with van der Waals surface area (Å²) in [5.41, 5.74) is 3.93. The molecule has 18 heavy (non-hydrogen) atoms. The van der Waals surface area contributed by atoms with Crippen molar-refractivity contribution in [3.05, 3.63) is 29.3 Å². The highest BCUT2D eigenvalue weighted by molar-refractivity contribution is 5.91. The average Bonchev–Trinajstić information content (AvgIpc) is 2.83. The summed E-state index contributed by atoms with van der Waals surface area (Å²) in [5, 5.41) is 6.94. The number of hydrogen-bond donors (Lipinski definition) is 1. The Morgan fingerprint density at radius 2 is 2.33 bits per heavy atom. The molecule has 0 saturated heterocycles. The van der Waals surface area contributed by atoms with Gasteiger partial charge in [-0.05, 0) is 25.3 Å². The van der Waals surface area contributed by atoms with Crippen LogP contribution < -0.4 is 0 Å². The number of aryl methyl sites for hydroxylation is 1. The second-order valence-electron chi connectivity index (χ2n) is 4.04. The van der Waals surface area contributed by atoms with Crippen LogP contribution in [-0.2, 0) is 17.6 Å². The van der Waals surface area contributed by atoms with E-state index in [-0.39, 0.29) is 5.97 Å². The highest BCUT2D eigenvalue weighted by Crippen LogP contribution is 2.31. The molecule has 2 heterocycles. The van der Waals surface area contributed by atoms with E-state index >= 15 is 0 Å². The quantitative estimate of drug-likeness (QED) is 0.801. The number of aromatic amines is 1. The van der Waals surface area contributed by atoms with E-state index < -0.39 is 0 Å². The second kappa shape index (κ2) is 4.21. The van der Waals surface area contributed by atoms with E-state index in [1.165, 1.54) is 6.33 Å². The van der Waals surface area contributed by atoms with Gasteiger partial charge in [0, 0.05) is 11.8 Å². The van der Waals surface area contributed by atoms with E-state index in [0.717, 1.165) is 35.4 Å². The first-order chi connectivity index (χ1) is 8.81. The molecule has 2 aromatic heterocycles. The third-order valence-electron chi connectivity index (χ3n) is 3.00. The third-order valence-corrected chi connectivity index (χ3v) is 3.00. The van der Waals surface area contributed by atoms with Crippen LogP contribution >= 0.6 is 0 Å². The zero-order valence-corrected chi connectivity index (χ0v) is 9.93. The van der Waals surface area contributed by atoms with Gasteiger partial charge in [-0.1, -0.05) is 0 Å². The molecule has 0 aromatic carbocycles. The van der Waals surface area contributed by atoms with Crippen molar-refractivity contribution in [1.29, 1.82) is 0 Å². The third kappa shape index (κ3) is 1.57. The maximum absolute atomic E-state index is 11.8. The minimum atomic E-state index is -0.358. The fourth-order valence-corrected chi connectivity index (χ4v) is 2.19. The lowest BCUT2D eigenvalue weighted by Crippen LogP contribution is -2.11. The Hall–Kier alpha value is -2.24. The van der Waals surface area contributed by atoms with Crippen LogP contribution in [0.3, 0.4) is 0 Å². The minimum absolute atomic E-state index is 0.353. The smallest absolute Gasteiger partial charge is 0.356 e. The van der Waals surface area contributed by atoms with Crippen molar-refractivity contribution in [2.75, 3.05) is 6.61 Å². The van der Waals surface area contributed by atoms with E-state index in [2.05, 4.69) is 20.2 Å². The summed E-state index contributed by atoms with van der Waals surface area (Å²) in [6, 6.07) is 0. The molecular weight excluding hydrogens is 232 g/mol. The van der Waals surface area contributed by atoms with Gasteiger partial charge in [0.1, 0.15) is 17.7 Å². The van der Waals surface area contributed by atoms with E-state index in [0.29, 0.717) is 12.3 Å². The molecule has 1 aliphatic rings. The number of rotatable bonds is 2. The van der Waals surface area contributed by atoms with Crippen molar-refractivity contribution in [3.8, 4) is 11.4 Å². The number of H-pyrrole nitrogens is 1. The molecule has 0 fully saturated rings. The van der Waals surface area contributed by atoms with Gasteiger partial charge in [-0.2, -0.15) is 5.10 Å². The van der Waals surface area contributed by atoms with Gasteiger partial charge >= 0.3 is 5.97 Å². The van der Waals surface area contributed by atoms with Crippen molar-refractivity contribution in [2.45, 2.75) is 19.8 Å². The number of nitrogens with zero attached hydrogens (tertiary/aromatic N) is 3. The van der Waals surface area contributed by atoms with Crippen LogP contribution in [0, 0.1) is 0 Å². The fourth-order valence-electron chi connectivity index (χ4n) is 2.19. The van der Waals surface area contributed by atoms with E-state index in [1.54, 1.807) is 13.1 Å². The van der Waals surface area contributed by atoms with Gasteiger partial charge < -0.3 is 4.74 Å². The summed E-state index contributed by atoms with van der Waals surface area (Å²) in [4.78, 5) is 20.0. The molecule has 1 N–H and O–H groups in total. The molecule has 0 atom stereocenters. The summed E-state index contributed by atoms with van der Waals surface area (Å²) in [6.45, 7) is 2.13. The zero-order valence-electron chi connectivity index (χ0n) is 9.93. The summed E-state index contributed by atoms with van der Waals surface area (Å²) in [5.74, 6) is -0.358. The van der Waals surface area contributed by atoms with Crippen molar-refractivity contribution < 1.29 is 9.53 Å². The van der Waals surface area contributed by atoms with Gasteiger partial charge in [0.15, 0.2) is 0 Å². The Morgan fingerprint density at radius 3 is 3.17 bits per heavy atom. The highest BCUT2D eigenvalue weighted by Gasteiger charge is 2.26. The molecule has 0 radical (unpaired) electrons. The van der Waals surface area contributed by atoms with Gasteiger partial charge in [-0.15, -0.1) is 0 Å². The molecular formula is C12H12N4O2. The Labute approximate surface area is 103 Å². The van der Waals surface area contributed by atoms with Crippen molar-refractivity contribution >= 4 is 5.97 Å². The number of fused-ring (bicyclic) bond motifs is 3. The van der Waals surface area contributed by atoms with Gasteiger partial charge in [0.25, 0.3) is 0 Å². The minimum Gasteiger partial charge on any atom is -0.461 e. The molecule has 3 rings (SSSR count). The van der Waals surface area contributed by atoms with Gasteiger partial charge in [0.05, 0.1) is 12.3 Å². The lowest BCUT2D eigenvalue weighted by atomic mass is 9.93. The van der Waals surface area contributed by atoms with Crippen molar-refractivity contribution in [2.24, 2.45) is 0 Å². The number of nitrogens with one attached hydrogen (secondary N) is 1. The predicted octanol–water partition coefficient (Wildman–Crippen LogP) is 1.14. The first-order valence-electron chi connectivity index (χ1n) is 5.85. The molecule has 0 unspecified atom stereocenters. The van der Waals surface area contributed by atoms with Crippen molar-refractivity contribution in [1.82, 2.24) is 20.2 Å². The van der Waals surface area contributed by atoms with E-state index in [9.17, 15) is 4.79 Å². The molecule has 0 amide bonds. The maximum Gasteiger partial charge on any atom is 0.356 e. The molecule has 2 aromatic rings. The summed E-state index contributed by atoms with van der Waals surface area (Å²) in [7, 11) is 0. The van der Waals surface area contributed by atoms with Crippen LogP contribution in [-0.4, -0.2) is 32.7 Å². The molecule has 0 spiro atoms. The Balaban J connectivity index is 2.07. The number of carbonyl (C=O) groups excluding carboxylic acids is 1. The summed E-state index contributed by atoms with van der Waals surface area (Å²) >= 11 is 0. The molecule has 6 nitrogen and oxygen atoms in total. The largest absolute Gasteiger partial charge is 0.461 e. The number of ether oxygens (including phenoxy) is 1. The normalized spacial score (nSPS) is 12.7. The Bertz CT molecular complexity index is 606. The molecule has 0 aliphatic heterocycles. The zero-order chi connectivity index (χ0) is 12.5. The van der Waals surface area contributed by atoms with Gasteiger partial charge in [-0.3, -0.25) is 5.10 Å². The van der Waals surface area contributed by atoms with E-state index in [4.69, 9.17) is 4.74 Å². The SMILES string of the molecule is CCOC(=O)c1[nH]nc2c1CCc1cncnc1-2.